The molecule has 4 aromatic rings. The summed E-state index contributed by atoms with van der Waals surface area (Å²) < 4.78 is 59.6. The minimum atomic E-state index is -11.2. The molecule has 0 fully saturated rings. The maximum Gasteiger partial charge on any atom is 1.00 e. The van der Waals surface area contributed by atoms with Crippen LogP contribution in [0.25, 0.3) is 22.3 Å². The Morgan fingerprint density at radius 3 is 1.24 bits per heavy atom. The first-order chi connectivity index (χ1) is 14.8. The van der Waals surface area contributed by atoms with Gasteiger partial charge in [-0.15, -0.1) is 0 Å². The van der Waals surface area contributed by atoms with Gasteiger partial charge in [0.15, 0.2) is 0 Å². The summed E-state index contributed by atoms with van der Waals surface area (Å²) in [5.74, 6) is 0. The first-order valence-electron chi connectivity index (χ1n) is 9.39. The Labute approximate surface area is 203 Å². The van der Waals surface area contributed by atoms with E-state index in [1.807, 2.05) is 6.07 Å². The van der Waals surface area contributed by atoms with E-state index in [-0.39, 0.29) is 14.9 Å². The summed E-state index contributed by atoms with van der Waals surface area (Å²) >= 11 is -9.46. The van der Waals surface area contributed by atoms with Crippen LogP contribution in [0, 0.1) is 0 Å². The Morgan fingerprint density at radius 2 is 0.788 bits per heavy atom. The molecule has 176 valence electrons. The van der Waals surface area contributed by atoms with E-state index in [2.05, 4.69) is 103 Å². The van der Waals surface area contributed by atoms with Crippen LogP contribution in [-0.4, -0.2) is 19.5 Å². The average molecular weight is 609 g/mol. The molecule has 0 aliphatic heterocycles. The van der Waals surface area contributed by atoms with Crippen molar-refractivity contribution in [2.45, 2.75) is 9.79 Å². The van der Waals surface area contributed by atoms with E-state index < -0.39 is 19.5 Å². The molecular weight excluding hydrogens is 588 g/mol. The zero-order valence-electron chi connectivity index (χ0n) is 18.0. The van der Waals surface area contributed by atoms with Crippen LogP contribution in [0.1, 0.15) is 1.43 Å². The van der Waals surface area contributed by atoms with E-state index >= 15 is 0 Å². The maximum atomic E-state index is 9.93. The van der Waals surface area contributed by atoms with Crippen LogP contribution in [0.5, 0.6) is 0 Å². The molecule has 0 heterocycles. The summed E-state index contributed by atoms with van der Waals surface area (Å²) in [5.41, 5.74) is 5.04. The molecule has 0 atom stereocenters. The van der Waals surface area contributed by atoms with Gasteiger partial charge in [-0.05, 0) is 46.5 Å². The van der Waals surface area contributed by atoms with E-state index in [0.717, 1.165) is 0 Å². The molecule has 0 aliphatic carbocycles. The third-order valence-corrected chi connectivity index (χ3v) is 5.17. The van der Waals surface area contributed by atoms with Gasteiger partial charge in [0, 0.05) is 9.79 Å². The minimum Gasteiger partial charge on any atom is -0.0901 e. The molecule has 0 aromatic heterocycles. The third kappa shape index (κ3) is 10.6. The molecular formula is C24H21F6S2Sb. The molecule has 0 aliphatic rings. The zero-order valence-corrected chi connectivity index (χ0v) is 21.4. The minimum absolute atomic E-state index is 0. The van der Waals surface area contributed by atoms with E-state index in [1.54, 1.807) is 11.8 Å². The number of rotatable bonds is 4. The number of benzene rings is 4. The summed E-state index contributed by atoms with van der Waals surface area (Å²) in [6.45, 7) is 0. The third-order valence-electron chi connectivity index (χ3n) is 4.16. The van der Waals surface area contributed by atoms with Crippen molar-refractivity contribution in [3.63, 3.8) is 0 Å². The number of hydrogen-bond donors (Lipinski definition) is 0. The van der Waals surface area contributed by atoms with E-state index in [1.165, 1.54) is 32.0 Å². The summed E-state index contributed by atoms with van der Waals surface area (Å²) in [5, 5.41) is 0. The molecule has 0 radical (unpaired) electrons. The maximum absolute atomic E-state index is 11.2. The standard InChI is InChI=1S/C24H18S.6FH.H2S.Sb/c1-3-9-19(10-4-1)23-13-7-8-14-24(23)20-15-17-22(18-16-20)25-21-11-5-2-6-12-21;;;;;;;;/h1-18H;6*1H;1H2;/q;;;;;;;;+5/p-5. The topological polar surface area (TPSA) is 0 Å². The van der Waals surface area contributed by atoms with Crippen LogP contribution < -0.4 is 0 Å². The molecule has 4 aromatic carbocycles. The van der Waals surface area contributed by atoms with E-state index in [4.69, 9.17) is 0 Å². The van der Waals surface area contributed by atoms with Gasteiger partial charge in [0.1, 0.15) is 0 Å². The second-order valence-electron chi connectivity index (χ2n) is 6.81. The molecule has 0 unspecified atom stereocenters. The van der Waals surface area contributed by atoms with Crippen molar-refractivity contribution in [1.82, 2.24) is 0 Å². The SMILES string of the molecule is S.[F][Sb-]([F])([F])([F])([F])[F].[H+].c1ccc(Sc2ccc(-c3ccccc3-c3ccccc3)cc2)cc1. The van der Waals surface area contributed by atoms with Crippen LogP contribution >= 0.6 is 25.3 Å². The van der Waals surface area contributed by atoms with Gasteiger partial charge in [0.2, 0.25) is 0 Å². The van der Waals surface area contributed by atoms with Crippen molar-refractivity contribution in [3.05, 3.63) is 109 Å². The van der Waals surface area contributed by atoms with Gasteiger partial charge in [0.05, 0.1) is 0 Å². The van der Waals surface area contributed by atoms with Gasteiger partial charge in [-0.2, -0.15) is 13.5 Å². The smallest absolute Gasteiger partial charge is 0.0901 e. The van der Waals surface area contributed by atoms with Gasteiger partial charge < -0.3 is 0 Å². The van der Waals surface area contributed by atoms with Crippen LogP contribution in [-0.2, 0) is 0 Å². The molecule has 0 saturated carbocycles. The summed E-state index contributed by atoms with van der Waals surface area (Å²) in [6.07, 6.45) is 0. The number of hydrogen-bond acceptors (Lipinski definition) is 1. The van der Waals surface area contributed by atoms with Gasteiger partial charge in [-0.1, -0.05) is 96.7 Å². The molecule has 0 nitrogen and oxygen atoms in total. The molecule has 0 spiro atoms. The largest absolute Gasteiger partial charge is 1.00 e. The summed E-state index contributed by atoms with van der Waals surface area (Å²) in [6, 6.07) is 38.5. The van der Waals surface area contributed by atoms with Crippen molar-refractivity contribution < 1.29 is 18.3 Å². The molecule has 4 rings (SSSR count). The van der Waals surface area contributed by atoms with Gasteiger partial charge in [0.25, 0.3) is 0 Å². The monoisotopic (exact) mass is 608 g/mol. The first kappa shape index (κ1) is 27.2. The average Bonchev–Trinajstić information content (AvgIpc) is 2.74. The second kappa shape index (κ2) is 10.1. The van der Waals surface area contributed by atoms with Crippen LogP contribution in [0.4, 0.5) is 16.9 Å². The van der Waals surface area contributed by atoms with Crippen molar-refractivity contribution in [3.8, 4) is 22.3 Å². The van der Waals surface area contributed by atoms with Crippen molar-refractivity contribution in [2.24, 2.45) is 0 Å². The molecule has 0 amide bonds. The zero-order chi connectivity index (χ0) is 23.3. The van der Waals surface area contributed by atoms with Gasteiger partial charge in [-0.3, -0.25) is 0 Å². The van der Waals surface area contributed by atoms with Gasteiger partial charge >= 0.3 is 37.8 Å². The normalized spacial score (nSPS) is 12.9. The summed E-state index contributed by atoms with van der Waals surface area (Å²) in [4.78, 5) is 2.52. The number of halogens is 6. The Morgan fingerprint density at radius 1 is 0.455 bits per heavy atom. The van der Waals surface area contributed by atoms with Crippen molar-refractivity contribution in [2.75, 3.05) is 0 Å². The summed E-state index contributed by atoms with van der Waals surface area (Å²) in [7, 11) is 0. The predicted octanol–water partition coefficient (Wildman–Crippen LogP) is 9.54. The Hall–Kier alpha value is -2.02. The van der Waals surface area contributed by atoms with Crippen LogP contribution in [0.15, 0.2) is 119 Å². The fourth-order valence-corrected chi connectivity index (χ4v) is 3.77. The quantitative estimate of drug-likeness (QED) is 0.164. The van der Waals surface area contributed by atoms with Crippen LogP contribution in [0.3, 0.4) is 0 Å². The van der Waals surface area contributed by atoms with Gasteiger partial charge in [-0.25, -0.2) is 0 Å². The van der Waals surface area contributed by atoms with E-state index in [0.29, 0.717) is 0 Å². The first-order valence-corrected chi connectivity index (χ1v) is 16.0. The molecule has 0 saturated heterocycles. The molecule has 0 N–H and O–H groups in total. The molecule has 33 heavy (non-hydrogen) atoms. The van der Waals surface area contributed by atoms with E-state index in [9.17, 15) is 16.9 Å². The fraction of sp³-hybridized carbons (Fsp3) is 0. The van der Waals surface area contributed by atoms with Crippen molar-refractivity contribution >= 4 is 44.7 Å². The second-order valence-corrected chi connectivity index (χ2v) is 13.4. The predicted molar refractivity (Wildman–Crippen MR) is 132 cm³/mol. The van der Waals surface area contributed by atoms with Crippen LogP contribution in [0.2, 0.25) is 0 Å². The Balaban J connectivity index is 0.000000567. The molecule has 9 heteroatoms. The Bertz CT molecular complexity index is 1160. The Kier molecular flexibility index (Phi) is 8.31. The van der Waals surface area contributed by atoms with Crippen molar-refractivity contribution in [1.29, 1.82) is 0 Å². The fourth-order valence-electron chi connectivity index (χ4n) is 2.93. The molecule has 0 bridgehead atoms.